The van der Waals surface area contributed by atoms with Crippen molar-refractivity contribution in [2.75, 3.05) is 5.75 Å². The summed E-state index contributed by atoms with van der Waals surface area (Å²) in [6, 6.07) is 10.2. The second-order valence-corrected chi connectivity index (χ2v) is 6.12. The lowest BCUT2D eigenvalue weighted by Gasteiger charge is -2.04. The molecule has 8 nitrogen and oxygen atoms in total. The molecule has 1 aromatic carbocycles. The van der Waals surface area contributed by atoms with Crippen molar-refractivity contribution in [1.29, 1.82) is 0 Å². The molecule has 0 saturated carbocycles. The fourth-order valence-corrected chi connectivity index (χ4v) is 2.50. The van der Waals surface area contributed by atoms with Crippen LogP contribution in [0, 0.1) is 0 Å². The minimum Gasteiger partial charge on any atom is -0.411 e. The number of benzene rings is 1. The summed E-state index contributed by atoms with van der Waals surface area (Å²) in [6.45, 7) is 0. The van der Waals surface area contributed by atoms with Crippen molar-refractivity contribution >= 4 is 35.2 Å². The fourth-order valence-electron chi connectivity index (χ4n) is 1.81. The Bertz CT molecular complexity index is 864. The number of nitrogens with one attached hydrogen (secondary N) is 3. The smallest absolute Gasteiger partial charge is 0.286 e. The summed E-state index contributed by atoms with van der Waals surface area (Å²) in [6.07, 6.45) is 1.61. The van der Waals surface area contributed by atoms with E-state index in [0.29, 0.717) is 16.6 Å². The maximum atomic E-state index is 11.7. The number of nitrogens with zero attached hydrogens (tertiary/aromatic N) is 2. The number of aromatic nitrogens is 3. The van der Waals surface area contributed by atoms with Crippen LogP contribution in [0.15, 0.2) is 52.2 Å². The van der Waals surface area contributed by atoms with E-state index < -0.39 is 11.8 Å². The highest BCUT2D eigenvalue weighted by atomic mass is 35.5. The molecule has 25 heavy (non-hydrogen) atoms. The Morgan fingerprint density at radius 1 is 1.16 bits per heavy atom. The van der Waals surface area contributed by atoms with E-state index in [1.165, 1.54) is 0 Å². The predicted octanol–water partition coefficient (Wildman–Crippen LogP) is 2.27. The van der Waals surface area contributed by atoms with Gasteiger partial charge in [-0.3, -0.25) is 20.4 Å². The van der Waals surface area contributed by atoms with Crippen LogP contribution in [0.25, 0.3) is 11.5 Å². The molecular formula is C15H12ClN5O3S. The van der Waals surface area contributed by atoms with E-state index in [2.05, 4.69) is 26.0 Å². The van der Waals surface area contributed by atoms with E-state index in [-0.39, 0.29) is 11.0 Å². The van der Waals surface area contributed by atoms with Crippen LogP contribution in [-0.4, -0.2) is 32.7 Å². The Hall–Kier alpha value is -2.78. The van der Waals surface area contributed by atoms with Crippen LogP contribution >= 0.6 is 23.4 Å². The van der Waals surface area contributed by atoms with Crippen molar-refractivity contribution in [3.05, 3.63) is 53.3 Å². The maximum absolute atomic E-state index is 11.7. The predicted molar refractivity (Wildman–Crippen MR) is 91.9 cm³/mol. The van der Waals surface area contributed by atoms with Crippen molar-refractivity contribution in [2.24, 2.45) is 0 Å². The lowest BCUT2D eigenvalue weighted by atomic mass is 10.2. The Morgan fingerprint density at radius 3 is 2.68 bits per heavy atom. The molecule has 128 valence electrons. The van der Waals surface area contributed by atoms with Crippen LogP contribution in [0.2, 0.25) is 5.02 Å². The van der Waals surface area contributed by atoms with Gasteiger partial charge in [-0.05, 0) is 36.4 Å². The van der Waals surface area contributed by atoms with Crippen LogP contribution in [0.1, 0.15) is 10.5 Å². The van der Waals surface area contributed by atoms with Crippen LogP contribution < -0.4 is 10.9 Å². The lowest BCUT2D eigenvalue weighted by Crippen LogP contribution is -2.42. The van der Waals surface area contributed by atoms with Gasteiger partial charge in [-0.15, -0.1) is 10.2 Å². The van der Waals surface area contributed by atoms with Gasteiger partial charge in [-0.1, -0.05) is 23.4 Å². The molecule has 0 fully saturated rings. The second-order valence-electron chi connectivity index (χ2n) is 4.75. The third kappa shape index (κ3) is 4.61. The molecule has 10 heteroatoms. The lowest BCUT2D eigenvalue weighted by molar-refractivity contribution is -0.119. The van der Waals surface area contributed by atoms with Crippen molar-refractivity contribution in [2.45, 2.75) is 5.22 Å². The van der Waals surface area contributed by atoms with Gasteiger partial charge in [0, 0.05) is 16.8 Å². The highest BCUT2D eigenvalue weighted by Crippen LogP contribution is 2.24. The number of carbonyl (C=O) groups is 2. The van der Waals surface area contributed by atoms with Gasteiger partial charge in [0.1, 0.15) is 5.69 Å². The SMILES string of the molecule is O=C(CSc1nnc(-c2ccc(Cl)cc2)o1)NNC(=O)c1ccc[nH]1. The van der Waals surface area contributed by atoms with E-state index in [9.17, 15) is 9.59 Å². The molecule has 2 aromatic heterocycles. The number of thioether (sulfide) groups is 1. The average Bonchev–Trinajstić information content (AvgIpc) is 3.30. The van der Waals surface area contributed by atoms with E-state index in [4.69, 9.17) is 16.0 Å². The first kappa shape index (κ1) is 17.1. The van der Waals surface area contributed by atoms with Gasteiger partial charge in [0.05, 0.1) is 5.75 Å². The first-order valence-corrected chi connectivity index (χ1v) is 8.43. The molecule has 0 unspecified atom stereocenters. The Labute approximate surface area is 151 Å². The largest absolute Gasteiger partial charge is 0.411 e. The van der Waals surface area contributed by atoms with E-state index in [1.54, 1.807) is 42.6 Å². The van der Waals surface area contributed by atoms with Gasteiger partial charge in [0.2, 0.25) is 11.8 Å². The molecule has 0 aliphatic rings. The van der Waals surface area contributed by atoms with E-state index >= 15 is 0 Å². The highest BCUT2D eigenvalue weighted by Gasteiger charge is 2.12. The summed E-state index contributed by atoms with van der Waals surface area (Å²) in [7, 11) is 0. The fraction of sp³-hybridized carbons (Fsp3) is 0.0667. The maximum Gasteiger partial charge on any atom is 0.286 e. The van der Waals surface area contributed by atoms with Crippen LogP contribution in [-0.2, 0) is 4.79 Å². The second kappa shape index (κ2) is 7.86. The molecule has 0 bridgehead atoms. The third-order valence-corrected chi connectivity index (χ3v) is 4.05. The molecule has 0 saturated heterocycles. The summed E-state index contributed by atoms with van der Waals surface area (Å²) in [4.78, 5) is 26.1. The van der Waals surface area contributed by atoms with E-state index in [0.717, 1.165) is 17.3 Å². The molecule has 0 radical (unpaired) electrons. The highest BCUT2D eigenvalue weighted by molar-refractivity contribution is 7.99. The summed E-state index contributed by atoms with van der Waals surface area (Å²) >= 11 is 6.89. The number of carbonyl (C=O) groups excluding carboxylic acids is 2. The molecule has 3 rings (SSSR count). The summed E-state index contributed by atoms with van der Waals surface area (Å²) in [5.74, 6) is -0.505. The van der Waals surface area contributed by atoms with Gasteiger partial charge < -0.3 is 9.40 Å². The van der Waals surface area contributed by atoms with Gasteiger partial charge in [0.15, 0.2) is 0 Å². The Morgan fingerprint density at radius 2 is 1.96 bits per heavy atom. The number of halogens is 1. The molecule has 0 aliphatic carbocycles. The average molecular weight is 378 g/mol. The van der Waals surface area contributed by atoms with Crippen molar-refractivity contribution < 1.29 is 14.0 Å². The quantitative estimate of drug-likeness (QED) is 0.464. The molecular weight excluding hydrogens is 366 g/mol. The normalized spacial score (nSPS) is 10.4. The molecule has 3 aromatic rings. The Balaban J connectivity index is 1.48. The molecule has 2 heterocycles. The topological polar surface area (TPSA) is 113 Å². The van der Waals surface area contributed by atoms with Gasteiger partial charge in [-0.2, -0.15) is 0 Å². The zero-order valence-corrected chi connectivity index (χ0v) is 14.2. The number of H-pyrrole nitrogens is 1. The number of rotatable bonds is 5. The number of hydrogen-bond donors (Lipinski definition) is 3. The number of amides is 2. The molecule has 2 amide bonds. The first-order valence-electron chi connectivity index (χ1n) is 7.06. The van der Waals surface area contributed by atoms with Gasteiger partial charge in [0.25, 0.3) is 11.1 Å². The number of hydrogen-bond acceptors (Lipinski definition) is 6. The van der Waals surface area contributed by atoms with Crippen molar-refractivity contribution in [1.82, 2.24) is 26.0 Å². The summed E-state index contributed by atoms with van der Waals surface area (Å²) in [5, 5.41) is 8.63. The molecule has 0 atom stereocenters. The van der Waals surface area contributed by atoms with Crippen molar-refractivity contribution in [3.8, 4) is 11.5 Å². The zero-order chi connectivity index (χ0) is 17.6. The van der Waals surface area contributed by atoms with Gasteiger partial charge >= 0.3 is 0 Å². The zero-order valence-electron chi connectivity index (χ0n) is 12.7. The van der Waals surface area contributed by atoms with Crippen molar-refractivity contribution in [3.63, 3.8) is 0 Å². The number of hydrazine groups is 1. The standard InChI is InChI=1S/C15H12ClN5O3S/c16-10-5-3-9(4-6-10)14-20-21-15(24-14)25-8-12(22)18-19-13(23)11-2-1-7-17-11/h1-7,17H,8H2,(H,18,22)(H,19,23). The third-order valence-electron chi connectivity index (χ3n) is 2.98. The van der Waals surface area contributed by atoms with Gasteiger partial charge in [-0.25, -0.2) is 0 Å². The summed E-state index contributed by atoms with van der Waals surface area (Å²) < 4.78 is 5.47. The summed E-state index contributed by atoms with van der Waals surface area (Å²) in [5.41, 5.74) is 5.67. The number of aromatic amines is 1. The monoisotopic (exact) mass is 377 g/mol. The first-order chi connectivity index (χ1) is 12.1. The minimum absolute atomic E-state index is 0.00720. The van der Waals surface area contributed by atoms with Crippen LogP contribution in [0.3, 0.4) is 0 Å². The molecule has 3 N–H and O–H groups in total. The molecule has 0 spiro atoms. The minimum atomic E-state index is -0.439. The van der Waals surface area contributed by atoms with E-state index in [1.807, 2.05) is 0 Å². The molecule has 0 aliphatic heterocycles. The van der Waals surface area contributed by atoms with Crippen LogP contribution in [0.4, 0.5) is 0 Å². The van der Waals surface area contributed by atoms with Crippen LogP contribution in [0.5, 0.6) is 0 Å². The Kier molecular flexibility index (Phi) is 5.36.